The number of aromatic nitrogens is 1. The molecule has 1 aliphatic carbocycles. The maximum absolute atomic E-state index is 5.22. The molecule has 4 rings (SSSR count). The Morgan fingerprint density at radius 2 is 2.04 bits per heavy atom. The summed E-state index contributed by atoms with van der Waals surface area (Å²) in [6.07, 6.45) is 3.57. The van der Waals surface area contributed by atoms with Crippen LogP contribution in [-0.4, -0.2) is 12.1 Å². The van der Waals surface area contributed by atoms with Crippen LogP contribution in [0, 0.1) is 0 Å². The molecule has 0 amide bonds. The van der Waals surface area contributed by atoms with Crippen LogP contribution < -0.4 is 10.1 Å². The number of ether oxygens (including phenoxy) is 1. The van der Waals surface area contributed by atoms with Crippen LogP contribution in [-0.2, 0) is 13.0 Å². The van der Waals surface area contributed by atoms with Gasteiger partial charge in [-0.25, -0.2) is 0 Å². The predicted molar refractivity (Wildman–Crippen MR) is 102 cm³/mol. The number of aromatic amines is 1. The Hall–Kier alpha value is -1.78. The van der Waals surface area contributed by atoms with E-state index < -0.39 is 0 Å². The van der Waals surface area contributed by atoms with Crippen molar-refractivity contribution in [3.8, 4) is 5.75 Å². The number of hydrogen-bond donors (Lipinski definition) is 2. The number of H-pyrrole nitrogens is 1. The molecule has 24 heavy (non-hydrogen) atoms. The first kappa shape index (κ1) is 15.7. The molecule has 124 valence electrons. The molecule has 3 nitrogen and oxygen atoms in total. The Labute approximate surface area is 150 Å². The highest BCUT2D eigenvalue weighted by atomic mass is 79.9. The molecule has 2 aromatic carbocycles. The summed E-state index contributed by atoms with van der Waals surface area (Å²) in [4.78, 5) is 3.64. The zero-order valence-corrected chi connectivity index (χ0v) is 15.3. The van der Waals surface area contributed by atoms with Gasteiger partial charge in [0.05, 0.1) is 7.11 Å². The zero-order valence-electron chi connectivity index (χ0n) is 13.7. The average molecular weight is 385 g/mol. The number of rotatable bonds is 4. The fourth-order valence-electron chi connectivity index (χ4n) is 3.62. The summed E-state index contributed by atoms with van der Waals surface area (Å²) < 4.78 is 6.37. The average Bonchev–Trinajstić information content (AvgIpc) is 2.99. The highest BCUT2D eigenvalue weighted by molar-refractivity contribution is 9.10. The van der Waals surface area contributed by atoms with Crippen LogP contribution in [0.1, 0.15) is 35.7 Å². The van der Waals surface area contributed by atoms with E-state index in [-0.39, 0.29) is 0 Å². The van der Waals surface area contributed by atoms with Gasteiger partial charge in [0.2, 0.25) is 0 Å². The Morgan fingerprint density at radius 3 is 2.83 bits per heavy atom. The Morgan fingerprint density at radius 1 is 1.21 bits per heavy atom. The van der Waals surface area contributed by atoms with Crippen LogP contribution in [0.4, 0.5) is 0 Å². The molecule has 0 unspecified atom stereocenters. The molecule has 4 heteroatoms. The number of aryl methyl sites for hydroxylation is 1. The third-order valence-corrected chi connectivity index (χ3v) is 5.37. The Balaban J connectivity index is 1.56. The van der Waals surface area contributed by atoms with Gasteiger partial charge in [-0.15, -0.1) is 0 Å². The summed E-state index contributed by atoms with van der Waals surface area (Å²) in [6.45, 7) is 0.868. The molecular formula is C20H21BrN2O. The van der Waals surface area contributed by atoms with E-state index in [2.05, 4.69) is 56.6 Å². The molecule has 0 bridgehead atoms. The SMILES string of the molecule is COc1ccc(CN[C@@H]2CCCc3c2[nH]c2ccc(Br)cc32)cc1. The molecule has 1 aliphatic rings. The standard InChI is InChI=1S/C20H21BrN2O/c1-24-15-8-5-13(6-9-15)12-22-19-4-2-3-16-17-11-14(21)7-10-18(17)23-20(16)19/h5-11,19,22-23H,2-4,12H2,1H3/t19-/m1/s1. The topological polar surface area (TPSA) is 37.0 Å². The van der Waals surface area contributed by atoms with Crippen molar-refractivity contribution in [1.29, 1.82) is 0 Å². The molecule has 0 aliphatic heterocycles. The summed E-state index contributed by atoms with van der Waals surface area (Å²) in [7, 11) is 1.70. The lowest BCUT2D eigenvalue weighted by Crippen LogP contribution is -2.24. The lowest BCUT2D eigenvalue weighted by atomic mass is 9.91. The quantitative estimate of drug-likeness (QED) is 0.655. The first-order valence-corrected chi connectivity index (χ1v) is 9.20. The van der Waals surface area contributed by atoms with E-state index in [1.54, 1.807) is 7.11 Å². The van der Waals surface area contributed by atoms with Gasteiger partial charge in [-0.05, 0) is 60.7 Å². The lowest BCUT2D eigenvalue weighted by molar-refractivity contribution is 0.414. The number of hydrogen-bond acceptors (Lipinski definition) is 2. The molecule has 3 aromatic rings. The van der Waals surface area contributed by atoms with Crippen molar-refractivity contribution in [2.24, 2.45) is 0 Å². The minimum absolute atomic E-state index is 0.391. The number of methoxy groups -OCH3 is 1. The third kappa shape index (κ3) is 2.96. The summed E-state index contributed by atoms with van der Waals surface area (Å²) >= 11 is 3.59. The first-order valence-electron chi connectivity index (χ1n) is 8.41. The maximum atomic E-state index is 5.22. The summed E-state index contributed by atoms with van der Waals surface area (Å²) in [6, 6.07) is 15.2. The van der Waals surface area contributed by atoms with E-state index >= 15 is 0 Å². The molecule has 1 heterocycles. The van der Waals surface area contributed by atoms with E-state index in [1.165, 1.54) is 40.6 Å². The molecule has 0 radical (unpaired) electrons. The van der Waals surface area contributed by atoms with Gasteiger partial charge >= 0.3 is 0 Å². The van der Waals surface area contributed by atoms with E-state index in [9.17, 15) is 0 Å². The van der Waals surface area contributed by atoms with Gasteiger partial charge in [0, 0.05) is 33.7 Å². The number of halogens is 1. The van der Waals surface area contributed by atoms with Gasteiger partial charge in [0.25, 0.3) is 0 Å². The van der Waals surface area contributed by atoms with Crippen molar-refractivity contribution < 1.29 is 4.74 Å². The maximum Gasteiger partial charge on any atom is 0.118 e. The molecule has 1 aromatic heterocycles. The second kappa shape index (κ2) is 6.61. The molecule has 0 fully saturated rings. The Bertz CT molecular complexity index is 854. The van der Waals surface area contributed by atoms with Crippen LogP contribution in [0.2, 0.25) is 0 Å². The van der Waals surface area contributed by atoms with Crippen LogP contribution in [0.25, 0.3) is 10.9 Å². The predicted octanol–water partition coefficient (Wildman–Crippen LogP) is 5.11. The lowest BCUT2D eigenvalue weighted by Gasteiger charge is -2.24. The first-order chi connectivity index (χ1) is 11.7. The normalized spacial score (nSPS) is 17.0. The molecular weight excluding hydrogens is 364 g/mol. The minimum atomic E-state index is 0.391. The van der Waals surface area contributed by atoms with Crippen molar-refractivity contribution in [2.45, 2.75) is 31.8 Å². The van der Waals surface area contributed by atoms with E-state index in [1.807, 2.05) is 12.1 Å². The Kier molecular flexibility index (Phi) is 4.33. The smallest absolute Gasteiger partial charge is 0.118 e. The van der Waals surface area contributed by atoms with Gasteiger partial charge in [-0.1, -0.05) is 28.1 Å². The van der Waals surface area contributed by atoms with Crippen molar-refractivity contribution >= 4 is 26.8 Å². The number of benzene rings is 2. The second-order valence-electron chi connectivity index (χ2n) is 6.38. The zero-order chi connectivity index (χ0) is 16.5. The van der Waals surface area contributed by atoms with Gasteiger partial charge < -0.3 is 15.0 Å². The largest absolute Gasteiger partial charge is 0.497 e. The van der Waals surface area contributed by atoms with Gasteiger partial charge in [-0.3, -0.25) is 0 Å². The van der Waals surface area contributed by atoms with Crippen molar-refractivity contribution in [1.82, 2.24) is 10.3 Å². The van der Waals surface area contributed by atoms with Crippen LogP contribution in [0.5, 0.6) is 5.75 Å². The highest BCUT2D eigenvalue weighted by Crippen LogP contribution is 2.35. The number of fused-ring (bicyclic) bond motifs is 3. The highest BCUT2D eigenvalue weighted by Gasteiger charge is 2.23. The molecule has 0 saturated carbocycles. The van der Waals surface area contributed by atoms with Crippen LogP contribution >= 0.6 is 15.9 Å². The molecule has 1 atom stereocenters. The molecule has 2 N–H and O–H groups in total. The fraction of sp³-hybridized carbons (Fsp3) is 0.300. The minimum Gasteiger partial charge on any atom is -0.497 e. The molecule has 0 spiro atoms. The second-order valence-corrected chi connectivity index (χ2v) is 7.30. The summed E-state index contributed by atoms with van der Waals surface area (Å²) in [5.41, 5.74) is 5.36. The molecule has 0 saturated heterocycles. The van der Waals surface area contributed by atoms with Crippen molar-refractivity contribution in [3.05, 3.63) is 63.8 Å². The van der Waals surface area contributed by atoms with E-state index in [0.29, 0.717) is 6.04 Å². The van der Waals surface area contributed by atoms with Crippen molar-refractivity contribution in [3.63, 3.8) is 0 Å². The van der Waals surface area contributed by atoms with E-state index in [4.69, 9.17) is 4.74 Å². The van der Waals surface area contributed by atoms with Crippen LogP contribution in [0.15, 0.2) is 46.9 Å². The van der Waals surface area contributed by atoms with Crippen LogP contribution in [0.3, 0.4) is 0 Å². The fourth-order valence-corrected chi connectivity index (χ4v) is 3.98. The van der Waals surface area contributed by atoms with Crippen molar-refractivity contribution in [2.75, 3.05) is 7.11 Å². The third-order valence-electron chi connectivity index (χ3n) is 4.88. The number of nitrogens with one attached hydrogen (secondary N) is 2. The van der Waals surface area contributed by atoms with E-state index in [0.717, 1.165) is 23.2 Å². The van der Waals surface area contributed by atoms with Gasteiger partial charge in [0.15, 0.2) is 0 Å². The summed E-state index contributed by atoms with van der Waals surface area (Å²) in [5, 5.41) is 5.08. The monoisotopic (exact) mass is 384 g/mol. The van der Waals surface area contributed by atoms with Gasteiger partial charge in [-0.2, -0.15) is 0 Å². The summed E-state index contributed by atoms with van der Waals surface area (Å²) in [5.74, 6) is 0.903. The van der Waals surface area contributed by atoms with Gasteiger partial charge in [0.1, 0.15) is 5.75 Å².